The summed E-state index contributed by atoms with van der Waals surface area (Å²) >= 11 is 0. The summed E-state index contributed by atoms with van der Waals surface area (Å²) in [6.45, 7) is 0.493. The first-order valence-electron chi connectivity index (χ1n) is 10.6. The van der Waals surface area contributed by atoms with E-state index >= 15 is 0 Å². The number of rotatable bonds is 10. The SMILES string of the molecule is COc1cc(/C=N\NC(=O)CNC2CCCCC2)ccc1OCc1ccc([N+](=O)[O-])cc1. The molecular formula is C23H28N4O5. The summed E-state index contributed by atoms with van der Waals surface area (Å²) in [5.74, 6) is 0.867. The molecule has 0 radical (unpaired) electrons. The van der Waals surface area contributed by atoms with Gasteiger partial charge in [0, 0.05) is 18.2 Å². The second kappa shape index (κ2) is 11.8. The van der Waals surface area contributed by atoms with Crippen LogP contribution in [0.25, 0.3) is 0 Å². The highest BCUT2D eigenvalue weighted by atomic mass is 16.6. The molecule has 0 aliphatic heterocycles. The lowest BCUT2D eigenvalue weighted by molar-refractivity contribution is -0.384. The lowest BCUT2D eigenvalue weighted by Gasteiger charge is -2.22. The van der Waals surface area contributed by atoms with E-state index in [2.05, 4.69) is 15.8 Å². The molecule has 1 saturated carbocycles. The van der Waals surface area contributed by atoms with Crippen molar-refractivity contribution in [3.05, 3.63) is 63.7 Å². The molecule has 0 saturated heterocycles. The quantitative estimate of drug-likeness (QED) is 0.332. The number of hydrogen-bond acceptors (Lipinski definition) is 7. The van der Waals surface area contributed by atoms with E-state index in [0.717, 1.165) is 24.0 Å². The molecule has 2 aromatic carbocycles. The van der Waals surface area contributed by atoms with E-state index in [9.17, 15) is 14.9 Å². The Hall–Kier alpha value is -3.46. The number of hydrazone groups is 1. The number of nitrogens with one attached hydrogen (secondary N) is 2. The van der Waals surface area contributed by atoms with Crippen molar-refractivity contribution in [1.29, 1.82) is 0 Å². The number of hydrogen-bond donors (Lipinski definition) is 2. The second-order valence-corrected chi connectivity index (χ2v) is 7.63. The van der Waals surface area contributed by atoms with Gasteiger partial charge in [-0.15, -0.1) is 0 Å². The van der Waals surface area contributed by atoms with Crippen LogP contribution in [0.3, 0.4) is 0 Å². The predicted molar refractivity (Wildman–Crippen MR) is 121 cm³/mol. The summed E-state index contributed by atoms with van der Waals surface area (Å²) < 4.78 is 11.2. The molecule has 1 aliphatic rings. The lowest BCUT2D eigenvalue weighted by atomic mass is 9.95. The van der Waals surface area contributed by atoms with Gasteiger partial charge in [0.2, 0.25) is 0 Å². The third-order valence-corrected chi connectivity index (χ3v) is 5.29. The molecule has 2 N–H and O–H groups in total. The molecular weight excluding hydrogens is 412 g/mol. The molecule has 0 bridgehead atoms. The van der Waals surface area contributed by atoms with E-state index < -0.39 is 4.92 Å². The maximum Gasteiger partial charge on any atom is 0.269 e. The van der Waals surface area contributed by atoms with Crippen LogP contribution < -0.4 is 20.2 Å². The Bertz CT molecular complexity index is 940. The molecule has 0 aromatic heterocycles. The van der Waals surface area contributed by atoms with Crippen LogP contribution >= 0.6 is 0 Å². The van der Waals surface area contributed by atoms with E-state index in [-0.39, 0.29) is 24.7 Å². The average Bonchev–Trinajstić information content (AvgIpc) is 2.82. The van der Waals surface area contributed by atoms with Gasteiger partial charge in [-0.1, -0.05) is 19.3 Å². The van der Waals surface area contributed by atoms with Gasteiger partial charge in [0.25, 0.3) is 11.6 Å². The highest BCUT2D eigenvalue weighted by Gasteiger charge is 2.13. The maximum absolute atomic E-state index is 12.0. The Kier molecular flexibility index (Phi) is 8.56. The average molecular weight is 441 g/mol. The van der Waals surface area contributed by atoms with Gasteiger partial charge >= 0.3 is 0 Å². The minimum Gasteiger partial charge on any atom is -0.493 e. The highest BCUT2D eigenvalue weighted by Crippen LogP contribution is 2.28. The zero-order valence-electron chi connectivity index (χ0n) is 18.1. The Morgan fingerprint density at radius 3 is 2.59 bits per heavy atom. The minimum absolute atomic E-state index is 0.0341. The molecule has 9 heteroatoms. The van der Waals surface area contributed by atoms with E-state index in [1.165, 1.54) is 38.5 Å². The molecule has 1 aliphatic carbocycles. The van der Waals surface area contributed by atoms with E-state index in [0.29, 0.717) is 17.5 Å². The van der Waals surface area contributed by atoms with Gasteiger partial charge in [0.1, 0.15) is 6.61 Å². The van der Waals surface area contributed by atoms with Crippen LogP contribution in [0.4, 0.5) is 5.69 Å². The van der Waals surface area contributed by atoms with Crippen molar-refractivity contribution < 1.29 is 19.2 Å². The number of benzene rings is 2. The number of methoxy groups -OCH3 is 1. The van der Waals surface area contributed by atoms with Crippen molar-refractivity contribution in [2.45, 2.75) is 44.8 Å². The molecule has 3 rings (SSSR count). The van der Waals surface area contributed by atoms with Crippen LogP contribution in [0.15, 0.2) is 47.6 Å². The van der Waals surface area contributed by atoms with Crippen molar-refractivity contribution in [1.82, 2.24) is 10.7 Å². The summed E-state index contributed by atoms with van der Waals surface area (Å²) in [6, 6.07) is 11.9. The summed E-state index contributed by atoms with van der Waals surface area (Å²) in [5, 5.41) is 18.0. The molecule has 1 amide bonds. The zero-order valence-corrected chi connectivity index (χ0v) is 18.1. The zero-order chi connectivity index (χ0) is 22.8. The molecule has 2 aromatic rings. The highest BCUT2D eigenvalue weighted by molar-refractivity contribution is 5.83. The van der Waals surface area contributed by atoms with Gasteiger partial charge in [-0.2, -0.15) is 5.10 Å². The molecule has 0 heterocycles. The first-order chi connectivity index (χ1) is 15.5. The topological polar surface area (TPSA) is 115 Å². The van der Waals surface area contributed by atoms with Crippen LogP contribution in [0.2, 0.25) is 0 Å². The van der Waals surface area contributed by atoms with Crippen LogP contribution in [0.1, 0.15) is 43.2 Å². The number of nitrogens with zero attached hydrogens (tertiary/aromatic N) is 2. The monoisotopic (exact) mass is 440 g/mol. The second-order valence-electron chi connectivity index (χ2n) is 7.63. The normalized spacial score (nSPS) is 14.3. The van der Waals surface area contributed by atoms with Crippen LogP contribution in [0.5, 0.6) is 11.5 Å². The fraction of sp³-hybridized carbons (Fsp3) is 0.391. The fourth-order valence-corrected chi connectivity index (χ4v) is 3.52. The number of ether oxygens (including phenoxy) is 2. The summed E-state index contributed by atoms with van der Waals surface area (Å²) in [5.41, 5.74) is 4.10. The smallest absolute Gasteiger partial charge is 0.269 e. The number of nitro benzene ring substituents is 1. The molecule has 32 heavy (non-hydrogen) atoms. The van der Waals surface area contributed by atoms with Crippen LogP contribution in [-0.4, -0.2) is 36.7 Å². The fourth-order valence-electron chi connectivity index (χ4n) is 3.52. The minimum atomic E-state index is -0.441. The Balaban J connectivity index is 1.49. The number of non-ortho nitro benzene ring substituents is 1. The summed E-state index contributed by atoms with van der Waals surface area (Å²) in [4.78, 5) is 22.3. The number of carbonyl (C=O) groups excluding carboxylic acids is 1. The van der Waals surface area contributed by atoms with Crippen molar-refractivity contribution in [3.63, 3.8) is 0 Å². The lowest BCUT2D eigenvalue weighted by Crippen LogP contribution is -2.38. The predicted octanol–water partition coefficient (Wildman–Crippen LogP) is 3.55. The molecule has 9 nitrogen and oxygen atoms in total. The molecule has 0 unspecified atom stereocenters. The van der Waals surface area contributed by atoms with E-state index in [1.807, 2.05) is 0 Å². The first kappa shape index (κ1) is 23.2. The van der Waals surface area contributed by atoms with Gasteiger partial charge < -0.3 is 14.8 Å². The molecule has 0 atom stereocenters. The molecule has 170 valence electrons. The van der Waals surface area contributed by atoms with Gasteiger partial charge in [0.15, 0.2) is 11.5 Å². The van der Waals surface area contributed by atoms with Crippen molar-refractivity contribution in [3.8, 4) is 11.5 Å². The maximum atomic E-state index is 12.0. The van der Waals surface area contributed by atoms with Gasteiger partial charge in [0.05, 0.1) is 24.8 Å². The van der Waals surface area contributed by atoms with Crippen molar-refractivity contribution in [2.75, 3.05) is 13.7 Å². The van der Waals surface area contributed by atoms with Crippen molar-refractivity contribution >= 4 is 17.8 Å². The Morgan fingerprint density at radius 2 is 1.91 bits per heavy atom. The van der Waals surface area contributed by atoms with Gasteiger partial charge in [-0.25, -0.2) is 5.43 Å². The summed E-state index contributed by atoms with van der Waals surface area (Å²) in [7, 11) is 1.54. The largest absolute Gasteiger partial charge is 0.493 e. The van der Waals surface area contributed by atoms with Gasteiger partial charge in [-0.3, -0.25) is 14.9 Å². The van der Waals surface area contributed by atoms with E-state index in [4.69, 9.17) is 9.47 Å². The Morgan fingerprint density at radius 1 is 1.16 bits per heavy atom. The molecule has 0 spiro atoms. The van der Waals surface area contributed by atoms with E-state index in [1.54, 1.807) is 36.5 Å². The van der Waals surface area contributed by atoms with Crippen LogP contribution in [-0.2, 0) is 11.4 Å². The first-order valence-corrected chi connectivity index (χ1v) is 10.6. The van der Waals surface area contributed by atoms with Gasteiger partial charge in [-0.05, 0) is 54.3 Å². The van der Waals surface area contributed by atoms with Crippen molar-refractivity contribution in [2.24, 2.45) is 5.10 Å². The third kappa shape index (κ3) is 7.05. The number of nitro groups is 1. The number of amides is 1. The molecule has 1 fully saturated rings. The number of carbonyl (C=O) groups is 1. The third-order valence-electron chi connectivity index (χ3n) is 5.29. The Labute approximate surface area is 187 Å². The summed E-state index contributed by atoms with van der Waals surface area (Å²) in [6.07, 6.45) is 7.49. The van der Waals surface area contributed by atoms with Crippen LogP contribution in [0, 0.1) is 10.1 Å². The standard InChI is InChI=1S/C23H28N4O5/c1-31-22-13-18(14-25-26-23(28)15-24-19-5-3-2-4-6-19)9-12-21(22)32-16-17-7-10-20(11-8-17)27(29)30/h7-14,19,24H,2-6,15-16H2,1H3,(H,26,28)/b25-14-.